The third kappa shape index (κ3) is 4.99. The highest BCUT2D eigenvalue weighted by Gasteiger charge is 2.14. The molecular formula is C23H19NO2. The summed E-state index contributed by atoms with van der Waals surface area (Å²) < 4.78 is 5.64. The van der Waals surface area contributed by atoms with Crippen molar-refractivity contribution in [1.82, 2.24) is 0 Å². The number of carbonyl (C=O) groups is 1. The monoisotopic (exact) mass is 341 g/mol. The first-order chi connectivity index (χ1) is 12.7. The topological polar surface area (TPSA) is 38.3 Å². The van der Waals surface area contributed by atoms with Gasteiger partial charge in [-0.25, -0.2) is 0 Å². The van der Waals surface area contributed by atoms with Crippen LogP contribution in [0.25, 0.3) is 0 Å². The summed E-state index contributed by atoms with van der Waals surface area (Å²) in [5.41, 5.74) is 2.48. The molecule has 0 aliphatic heterocycles. The van der Waals surface area contributed by atoms with Gasteiger partial charge in [-0.05, 0) is 49.4 Å². The number of carbonyl (C=O) groups excluding carboxylic acids is 1. The van der Waals surface area contributed by atoms with Crippen molar-refractivity contribution in [3.8, 4) is 17.6 Å². The summed E-state index contributed by atoms with van der Waals surface area (Å²) >= 11 is 0. The average Bonchev–Trinajstić information content (AvgIpc) is 2.68. The summed E-state index contributed by atoms with van der Waals surface area (Å²) in [5, 5.41) is 2.87. The van der Waals surface area contributed by atoms with Crippen LogP contribution in [0.5, 0.6) is 5.75 Å². The maximum Gasteiger partial charge on any atom is 0.265 e. The Labute approximate surface area is 153 Å². The van der Waals surface area contributed by atoms with Gasteiger partial charge in [0.2, 0.25) is 0 Å². The minimum atomic E-state index is -0.601. The number of anilines is 1. The van der Waals surface area contributed by atoms with Gasteiger partial charge < -0.3 is 10.1 Å². The molecule has 0 aliphatic carbocycles. The lowest BCUT2D eigenvalue weighted by atomic mass is 10.1. The van der Waals surface area contributed by atoms with Crippen molar-refractivity contribution in [2.45, 2.75) is 13.0 Å². The van der Waals surface area contributed by atoms with Crippen LogP contribution >= 0.6 is 0 Å². The first-order valence-electron chi connectivity index (χ1n) is 8.40. The number of para-hydroxylation sites is 1. The summed E-state index contributed by atoms with van der Waals surface area (Å²) in [5.74, 6) is 6.68. The van der Waals surface area contributed by atoms with Gasteiger partial charge in [-0.15, -0.1) is 0 Å². The summed E-state index contributed by atoms with van der Waals surface area (Å²) in [4.78, 5) is 12.3. The second-order valence-electron chi connectivity index (χ2n) is 5.76. The Hall–Kier alpha value is -3.51. The average molecular weight is 341 g/mol. The van der Waals surface area contributed by atoms with Gasteiger partial charge in [0.05, 0.1) is 0 Å². The summed E-state index contributed by atoms with van der Waals surface area (Å²) in [7, 11) is 0. The van der Waals surface area contributed by atoms with Crippen LogP contribution in [0.3, 0.4) is 0 Å². The van der Waals surface area contributed by atoms with Crippen molar-refractivity contribution in [2.75, 3.05) is 5.32 Å². The van der Waals surface area contributed by atoms with E-state index in [9.17, 15) is 4.79 Å². The van der Waals surface area contributed by atoms with E-state index in [-0.39, 0.29) is 5.91 Å². The van der Waals surface area contributed by atoms with Crippen LogP contribution in [0, 0.1) is 11.8 Å². The van der Waals surface area contributed by atoms with Crippen molar-refractivity contribution >= 4 is 11.6 Å². The highest BCUT2D eigenvalue weighted by Crippen LogP contribution is 2.14. The highest BCUT2D eigenvalue weighted by atomic mass is 16.5. The first-order valence-corrected chi connectivity index (χ1v) is 8.40. The van der Waals surface area contributed by atoms with Crippen LogP contribution in [0.4, 0.5) is 5.69 Å². The lowest BCUT2D eigenvalue weighted by Gasteiger charge is -2.14. The Balaban J connectivity index is 1.65. The van der Waals surface area contributed by atoms with Gasteiger partial charge in [0.25, 0.3) is 5.91 Å². The standard InChI is InChI=1S/C23H19NO2/c1-18(26-22-13-6-3-7-14-22)23(25)24-21-12-8-11-20(17-21)16-15-19-9-4-2-5-10-19/h2-14,17-18H,1H3,(H,24,25). The number of hydrogen-bond acceptors (Lipinski definition) is 2. The molecule has 3 heteroatoms. The van der Waals surface area contributed by atoms with E-state index in [0.717, 1.165) is 11.1 Å². The molecule has 0 bridgehead atoms. The molecular weight excluding hydrogens is 322 g/mol. The number of rotatable bonds is 4. The fourth-order valence-electron chi connectivity index (χ4n) is 2.34. The molecule has 0 radical (unpaired) electrons. The fraction of sp³-hybridized carbons (Fsp3) is 0.0870. The van der Waals surface area contributed by atoms with Gasteiger partial charge in [-0.1, -0.05) is 54.3 Å². The molecule has 3 rings (SSSR count). The number of amides is 1. The van der Waals surface area contributed by atoms with Crippen LogP contribution in [-0.4, -0.2) is 12.0 Å². The Morgan fingerprint density at radius 3 is 2.19 bits per heavy atom. The van der Waals surface area contributed by atoms with E-state index < -0.39 is 6.10 Å². The van der Waals surface area contributed by atoms with E-state index >= 15 is 0 Å². The van der Waals surface area contributed by atoms with Crippen molar-refractivity contribution in [1.29, 1.82) is 0 Å². The lowest BCUT2D eigenvalue weighted by molar-refractivity contribution is -0.122. The molecule has 0 spiro atoms. The second-order valence-corrected chi connectivity index (χ2v) is 5.76. The van der Waals surface area contributed by atoms with Crippen LogP contribution in [0.15, 0.2) is 84.9 Å². The van der Waals surface area contributed by atoms with Crippen LogP contribution in [0.2, 0.25) is 0 Å². The molecule has 1 atom stereocenters. The molecule has 1 amide bonds. The van der Waals surface area contributed by atoms with Crippen molar-refractivity contribution < 1.29 is 9.53 Å². The van der Waals surface area contributed by atoms with E-state index in [0.29, 0.717) is 11.4 Å². The Morgan fingerprint density at radius 1 is 0.846 bits per heavy atom. The smallest absolute Gasteiger partial charge is 0.265 e. The zero-order valence-electron chi connectivity index (χ0n) is 14.5. The van der Waals surface area contributed by atoms with E-state index in [1.165, 1.54) is 0 Å². The molecule has 1 unspecified atom stereocenters. The minimum absolute atomic E-state index is 0.206. The molecule has 3 aromatic rings. The molecule has 0 fully saturated rings. The van der Waals surface area contributed by atoms with E-state index in [2.05, 4.69) is 17.2 Å². The van der Waals surface area contributed by atoms with Crippen LogP contribution in [-0.2, 0) is 4.79 Å². The number of nitrogens with one attached hydrogen (secondary N) is 1. The predicted octanol–water partition coefficient (Wildman–Crippen LogP) is 4.49. The van der Waals surface area contributed by atoms with Crippen molar-refractivity contribution in [3.05, 3.63) is 96.1 Å². The van der Waals surface area contributed by atoms with Gasteiger partial charge in [-0.3, -0.25) is 4.79 Å². The van der Waals surface area contributed by atoms with Gasteiger partial charge in [-0.2, -0.15) is 0 Å². The molecule has 128 valence electrons. The molecule has 26 heavy (non-hydrogen) atoms. The molecule has 3 nitrogen and oxygen atoms in total. The van der Waals surface area contributed by atoms with E-state index in [1.807, 2.05) is 84.9 Å². The van der Waals surface area contributed by atoms with Crippen molar-refractivity contribution in [2.24, 2.45) is 0 Å². The second kappa shape index (κ2) is 8.55. The minimum Gasteiger partial charge on any atom is -0.481 e. The normalized spacial score (nSPS) is 11.0. The maximum absolute atomic E-state index is 12.3. The molecule has 3 aromatic carbocycles. The molecule has 1 N–H and O–H groups in total. The lowest BCUT2D eigenvalue weighted by Crippen LogP contribution is -2.30. The molecule has 0 saturated carbocycles. The zero-order valence-corrected chi connectivity index (χ0v) is 14.5. The third-order valence-electron chi connectivity index (χ3n) is 3.68. The first kappa shape index (κ1) is 17.3. The molecule has 0 aromatic heterocycles. The number of ether oxygens (including phenoxy) is 1. The Morgan fingerprint density at radius 2 is 1.46 bits per heavy atom. The third-order valence-corrected chi connectivity index (χ3v) is 3.68. The number of benzene rings is 3. The van der Waals surface area contributed by atoms with Crippen LogP contribution < -0.4 is 10.1 Å². The van der Waals surface area contributed by atoms with Gasteiger partial charge >= 0.3 is 0 Å². The largest absolute Gasteiger partial charge is 0.481 e. The molecule has 0 heterocycles. The van der Waals surface area contributed by atoms with Crippen molar-refractivity contribution in [3.63, 3.8) is 0 Å². The van der Waals surface area contributed by atoms with E-state index in [4.69, 9.17) is 4.74 Å². The van der Waals surface area contributed by atoms with Gasteiger partial charge in [0, 0.05) is 16.8 Å². The Bertz CT molecular complexity index is 924. The summed E-state index contributed by atoms with van der Waals surface area (Å²) in [6.07, 6.45) is -0.601. The SMILES string of the molecule is CC(Oc1ccccc1)C(=O)Nc1cccc(C#Cc2ccccc2)c1. The number of hydrogen-bond donors (Lipinski definition) is 1. The maximum atomic E-state index is 12.3. The zero-order chi connectivity index (χ0) is 18.2. The van der Waals surface area contributed by atoms with Gasteiger partial charge in [0.15, 0.2) is 6.10 Å². The van der Waals surface area contributed by atoms with E-state index in [1.54, 1.807) is 6.92 Å². The molecule has 0 aliphatic rings. The quantitative estimate of drug-likeness (QED) is 0.710. The predicted molar refractivity (Wildman–Crippen MR) is 104 cm³/mol. The van der Waals surface area contributed by atoms with Gasteiger partial charge in [0.1, 0.15) is 5.75 Å². The van der Waals surface area contributed by atoms with Crippen LogP contribution in [0.1, 0.15) is 18.1 Å². The summed E-state index contributed by atoms with van der Waals surface area (Å²) in [6.45, 7) is 1.72. The summed E-state index contributed by atoms with van der Waals surface area (Å²) in [6, 6.07) is 26.5. The fourth-order valence-corrected chi connectivity index (χ4v) is 2.34. The Kier molecular flexibility index (Phi) is 5.69. The molecule has 0 saturated heterocycles. The highest BCUT2D eigenvalue weighted by molar-refractivity contribution is 5.94.